The summed E-state index contributed by atoms with van der Waals surface area (Å²) in [7, 11) is 0. The Labute approximate surface area is 379 Å². The third-order valence-electron chi connectivity index (χ3n) is 12.6. The number of furan rings is 1. The van der Waals surface area contributed by atoms with Crippen molar-refractivity contribution < 1.29 is 4.42 Å². The molecule has 0 radical (unpaired) electrons. The van der Waals surface area contributed by atoms with Gasteiger partial charge in [-0.1, -0.05) is 182 Å². The second kappa shape index (κ2) is 15.4. The van der Waals surface area contributed by atoms with Crippen molar-refractivity contribution >= 4 is 54.5 Å². The summed E-state index contributed by atoms with van der Waals surface area (Å²) >= 11 is 0. The molecule has 0 saturated carbocycles. The van der Waals surface area contributed by atoms with Crippen LogP contribution >= 0.6 is 0 Å². The SMILES string of the molecule is c1ccc(-c2nc(-c3ccccc3)nc(-c3cccc4oc5ccc(-c6c7ccccc7c(-c7ccc8c(c7)nc(-c7ccccc7)n8-c7ccccc7)c7ccccc67)cc5c34)n2)cc1. The molecule has 0 bridgehead atoms. The average Bonchev–Trinajstić information content (AvgIpc) is 3.97. The van der Waals surface area contributed by atoms with Gasteiger partial charge in [-0.3, -0.25) is 4.57 Å². The van der Waals surface area contributed by atoms with E-state index in [1.165, 1.54) is 16.3 Å². The number of imidazole rings is 1. The van der Waals surface area contributed by atoms with Gasteiger partial charge in [-0.15, -0.1) is 0 Å². The largest absolute Gasteiger partial charge is 0.456 e. The molecule has 0 aliphatic heterocycles. The second-order valence-electron chi connectivity index (χ2n) is 16.5. The predicted octanol–water partition coefficient (Wildman–Crippen LogP) is 15.4. The molecule has 6 heteroatoms. The molecule has 0 aliphatic rings. The van der Waals surface area contributed by atoms with Gasteiger partial charge in [-0.25, -0.2) is 19.9 Å². The quantitative estimate of drug-likeness (QED) is 0.150. The van der Waals surface area contributed by atoms with E-state index in [1.54, 1.807) is 0 Å². The van der Waals surface area contributed by atoms with Crippen LogP contribution in [0.25, 0.3) is 128 Å². The summed E-state index contributed by atoms with van der Waals surface area (Å²) in [6.45, 7) is 0. The first-order chi connectivity index (χ1) is 32.7. The van der Waals surface area contributed by atoms with Crippen molar-refractivity contribution in [2.24, 2.45) is 0 Å². The van der Waals surface area contributed by atoms with E-state index < -0.39 is 0 Å². The van der Waals surface area contributed by atoms with E-state index in [-0.39, 0.29) is 0 Å². The van der Waals surface area contributed by atoms with E-state index in [9.17, 15) is 0 Å². The van der Waals surface area contributed by atoms with Gasteiger partial charge in [0.1, 0.15) is 17.0 Å². The molecule has 13 aromatic rings. The molecule has 66 heavy (non-hydrogen) atoms. The fourth-order valence-corrected chi connectivity index (χ4v) is 9.70. The summed E-state index contributed by atoms with van der Waals surface area (Å²) in [5.41, 5.74) is 13.0. The molecule has 0 N–H and O–H groups in total. The van der Waals surface area contributed by atoms with Gasteiger partial charge < -0.3 is 4.42 Å². The Hall–Kier alpha value is -9.00. The molecular weight excluding hydrogens is 807 g/mol. The molecule has 3 heterocycles. The van der Waals surface area contributed by atoms with Crippen molar-refractivity contribution in [1.29, 1.82) is 0 Å². The Morgan fingerprint density at radius 3 is 1.42 bits per heavy atom. The summed E-state index contributed by atoms with van der Waals surface area (Å²) in [5.74, 6) is 2.72. The molecule has 308 valence electrons. The van der Waals surface area contributed by atoms with Gasteiger partial charge >= 0.3 is 0 Å². The van der Waals surface area contributed by atoms with Crippen LogP contribution < -0.4 is 0 Å². The van der Waals surface area contributed by atoms with Gasteiger partial charge in [0.05, 0.1) is 11.0 Å². The summed E-state index contributed by atoms with van der Waals surface area (Å²) < 4.78 is 8.87. The highest BCUT2D eigenvalue weighted by molar-refractivity contribution is 6.23. The molecule has 13 rings (SSSR count). The Bertz CT molecular complexity index is 3860. The minimum absolute atomic E-state index is 0.586. The fraction of sp³-hybridized carbons (Fsp3) is 0. The zero-order valence-electron chi connectivity index (χ0n) is 35.5. The van der Waals surface area contributed by atoms with E-state index in [0.717, 1.165) is 94.2 Å². The van der Waals surface area contributed by atoms with Gasteiger partial charge in [0.2, 0.25) is 0 Å². The Morgan fingerprint density at radius 1 is 0.333 bits per heavy atom. The number of benzene rings is 10. The number of hydrogen-bond acceptors (Lipinski definition) is 5. The maximum absolute atomic E-state index is 6.61. The molecule has 0 spiro atoms. The molecule has 10 aromatic carbocycles. The first kappa shape index (κ1) is 37.5. The number of hydrogen-bond donors (Lipinski definition) is 0. The van der Waals surface area contributed by atoms with Crippen LogP contribution in [0.4, 0.5) is 0 Å². The minimum Gasteiger partial charge on any atom is -0.456 e. The van der Waals surface area contributed by atoms with E-state index in [4.69, 9.17) is 24.4 Å². The number of aromatic nitrogens is 5. The molecule has 3 aromatic heterocycles. The zero-order chi connectivity index (χ0) is 43.6. The first-order valence-electron chi connectivity index (χ1n) is 22.1. The lowest BCUT2D eigenvalue weighted by Gasteiger charge is -2.18. The Kier molecular flexibility index (Phi) is 8.74. The standard InChI is InChI=1S/C60H37N5O/c1-5-18-38(19-6-1)57-62-58(39-20-7-2-8-21-39)64-59(63-57)48-30-17-31-53-56(48)49-36-41(33-35-52(49)66-53)54-44-26-13-15-28-46(44)55(47-29-16-14-27-45(47)54)42-32-34-51-50(37-42)61-60(40-22-9-3-10-23-40)65(51)43-24-11-4-12-25-43/h1-37H. The molecule has 0 saturated heterocycles. The molecule has 0 unspecified atom stereocenters. The molecule has 6 nitrogen and oxygen atoms in total. The Balaban J connectivity index is 1.01. The van der Waals surface area contributed by atoms with E-state index in [0.29, 0.717) is 17.5 Å². The van der Waals surface area contributed by atoms with Crippen LogP contribution in [-0.4, -0.2) is 24.5 Å². The summed E-state index contributed by atoms with van der Waals surface area (Å²) in [4.78, 5) is 20.5. The Morgan fingerprint density at radius 2 is 0.833 bits per heavy atom. The van der Waals surface area contributed by atoms with E-state index in [2.05, 4.69) is 150 Å². The lowest BCUT2D eigenvalue weighted by Crippen LogP contribution is -2.00. The summed E-state index contributed by atoms with van der Waals surface area (Å²) in [6.07, 6.45) is 0. The third kappa shape index (κ3) is 6.19. The first-order valence-corrected chi connectivity index (χ1v) is 22.1. The van der Waals surface area contributed by atoms with Crippen molar-refractivity contribution in [3.63, 3.8) is 0 Å². The number of fused-ring (bicyclic) bond motifs is 6. The smallest absolute Gasteiger partial charge is 0.164 e. The van der Waals surface area contributed by atoms with Crippen LogP contribution in [0.2, 0.25) is 0 Å². The zero-order valence-corrected chi connectivity index (χ0v) is 35.5. The molecule has 0 atom stereocenters. The van der Waals surface area contributed by atoms with Gasteiger partial charge in [-0.2, -0.15) is 0 Å². The highest BCUT2D eigenvalue weighted by Crippen LogP contribution is 2.46. The maximum Gasteiger partial charge on any atom is 0.164 e. The van der Waals surface area contributed by atoms with Crippen LogP contribution in [-0.2, 0) is 0 Å². The maximum atomic E-state index is 6.61. The van der Waals surface area contributed by atoms with E-state index in [1.807, 2.05) is 78.9 Å². The molecular formula is C60H37N5O. The van der Waals surface area contributed by atoms with Crippen LogP contribution in [0.15, 0.2) is 229 Å². The minimum atomic E-state index is 0.586. The summed E-state index contributed by atoms with van der Waals surface area (Å²) in [6, 6.07) is 78.1. The van der Waals surface area contributed by atoms with Gasteiger partial charge in [0, 0.05) is 38.7 Å². The average molecular weight is 844 g/mol. The van der Waals surface area contributed by atoms with Crippen molar-refractivity contribution in [3.8, 4) is 73.5 Å². The molecule has 0 fully saturated rings. The van der Waals surface area contributed by atoms with Gasteiger partial charge in [0.15, 0.2) is 17.5 Å². The fourth-order valence-electron chi connectivity index (χ4n) is 9.70. The van der Waals surface area contributed by atoms with Crippen molar-refractivity contribution in [2.75, 3.05) is 0 Å². The van der Waals surface area contributed by atoms with Crippen LogP contribution in [0.3, 0.4) is 0 Å². The summed E-state index contributed by atoms with van der Waals surface area (Å²) in [5, 5.41) is 6.61. The van der Waals surface area contributed by atoms with Crippen molar-refractivity contribution in [3.05, 3.63) is 224 Å². The number of rotatable bonds is 7. The topological polar surface area (TPSA) is 69.6 Å². The van der Waals surface area contributed by atoms with Crippen molar-refractivity contribution in [2.45, 2.75) is 0 Å². The number of para-hydroxylation sites is 1. The third-order valence-corrected chi connectivity index (χ3v) is 12.6. The van der Waals surface area contributed by atoms with Gasteiger partial charge in [0.25, 0.3) is 0 Å². The molecule has 0 aliphatic carbocycles. The predicted molar refractivity (Wildman–Crippen MR) is 269 cm³/mol. The van der Waals surface area contributed by atoms with Gasteiger partial charge in [-0.05, 0) is 86.3 Å². The van der Waals surface area contributed by atoms with Crippen LogP contribution in [0.1, 0.15) is 0 Å². The normalized spacial score (nSPS) is 11.6. The number of nitrogens with zero attached hydrogens (tertiary/aromatic N) is 5. The monoisotopic (exact) mass is 843 g/mol. The lowest BCUT2D eigenvalue weighted by atomic mass is 9.85. The van der Waals surface area contributed by atoms with Crippen molar-refractivity contribution in [1.82, 2.24) is 24.5 Å². The van der Waals surface area contributed by atoms with E-state index >= 15 is 0 Å². The molecule has 0 amide bonds. The highest BCUT2D eigenvalue weighted by Gasteiger charge is 2.22. The van der Waals surface area contributed by atoms with Crippen LogP contribution in [0, 0.1) is 0 Å². The van der Waals surface area contributed by atoms with Crippen LogP contribution in [0.5, 0.6) is 0 Å². The second-order valence-corrected chi connectivity index (χ2v) is 16.5. The highest BCUT2D eigenvalue weighted by atomic mass is 16.3. The lowest BCUT2D eigenvalue weighted by molar-refractivity contribution is 0.669.